The van der Waals surface area contributed by atoms with E-state index in [4.69, 9.17) is 4.74 Å². The van der Waals surface area contributed by atoms with Crippen LogP contribution in [0.5, 0.6) is 5.75 Å². The Morgan fingerprint density at radius 2 is 2.04 bits per heavy atom. The molecule has 0 saturated heterocycles. The molecule has 2 heterocycles. The van der Waals surface area contributed by atoms with Crippen molar-refractivity contribution in [2.75, 3.05) is 6.26 Å². The maximum atomic E-state index is 12.3. The number of hydrogen-bond acceptors (Lipinski definition) is 4. The standard InChI is InChI=1S/C17H15BrN2O3S/c1-24(21,22)20-14-5-3-2-4-13(14)19-17(20)16-8-6-11-10-12(18)7-9-15(11)23-16/h2-5,7,9-10,16H,6,8H2,1H3. The Hall–Kier alpha value is -1.86. The lowest BCUT2D eigenvalue weighted by Gasteiger charge is -2.26. The third-order valence-corrected chi connectivity index (χ3v) is 5.67. The van der Waals surface area contributed by atoms with Gasteiger partial charge in [0.2, 0.25) is 10.0 Å². The van der Waals surface area contributed by atoms with Gasteiger partial charge in [0.05, 0.1) is 17.3 Å². The molecule has 1 aliphatic heterocycles. The zero-order valence-electron chi connectivity index (χ0n) is 12.9. The third kappa shape index (κ3) is 2.61. The Kier molecular flexibility index (Phi) is 3.65. The lowest BCUT2D eigenvalue weighted by molar-refractivity contribution is 0.167. The minimum atomic E-state index is -3.48. The second kappa shape index (κ2) is 5.60. The molecule has 5 nitrogen and oxygen atoms in total. The van der Waals surface area contributed by atoms with Crippen molar-refractivity contribution in [1.82, 2.24) is 8.96 Å². The van der Waals surface area contributed by atoms with Gasteiger partial charge < -0.3 is 4.74 Å². The number of aryl methyl sites for hydroxylation is 1. The number of para-hydroxylation sites is 2. The third-order valence-electron chi connectivity index (χ3n) is 4.13. The van der Waals surface area contributed by atoms with E-state index in [-0.39, 0.29) is 6.10 Å². The number of hydrogen-bond donors (Lipinski definition) is 0. The summed E-state index contributed by atoms with van der Waals surface area (Å²) in [7, 11) is -3.48. The van der Waals surface area contributed by atoms with Crippen LogP contribution in [-0.4, -0.2) is 23.6 Å². The van der Waals surface area contributed by atoms with E-state index in [0.29, 0.717) is 23.3 Å². The highest BCUT2D eigenvalue weighted by atomic mass is 79.9. The van der Waals surface area contributed by atoms with Crippen LogP contribution in [0.2, 0.25) is 0 Å². The number of halogens is 1. The maximum Gasteiger partial charge on any atom is 0.237 e. The molecule has 0 N–H and O–H groups in total. The van der Waals surface area contributed by atoms with Crippen LogP contribution in [0.3, 0.4) is 0 Å². The predicted molar refractivity (Wildman–Crippen MR) is 95.8 cm³/mol. The van der Waals surface area contributed by atoms with Crippen molar-refractivity contribution < 1.29 is 13.2 Å². The van der Waals surface area contributed by atoms with E-state index < -0.39 is 10.0 Å². The molecule has 1 aliphatic rings. The van der Waals surface area contributed by atoms with E-state index in [1.807, 2.05) is 36.4 Å². The highest BCUT2D eigenvalue weighted by Crippen LogP contribution is 2.37. The number of nitrogens with zero attached hydrogens (tertiary/aromatic N) is 2. The fraction of sp³-hybridized carbons (Fsp3) is 0.235. The van der Waals surface area contributed by atoms with Crippen molar-refractivity contribution >= 4 is 37.0 Å². The van der Waals surface area contributed by atoms with Gasteiger partial charge in [-0.1, -0.05) is 28.1 Å². The second-order valence-electron chi connectivity index (χ2n) is 5.88. The lowest BCUT2D eigenvalue weighted by Crippen LogP contribution is -2.22. The first-order valence-corrected chi connectivity index (χ1v) is 10.2. The summed E-state index contributed by atoms with van der Waals surface area (Å²) in [5.74, 6) is 1.22. The van der Waals surface area contributed by atoms with Crippen LogP contribution >= 0.6 is 15.9 Å². The molecule has 0 radical (unpaired) electrons. The number of ether oxygens (including phenoxy) is 1. The quantitative estimate of drug-likeness (QED) is 0.651. The number of benzene rings is 2. The van der Waals surface area contributed by atoms with Gasteiger partial charge in [-0.15, -0.1) is 0 Å². The molecule has 0 fully saturated rings. The van der Waals surface area contributed by atoms with Crippen LogP contribution in [0.25, 0.3) is 11.0 Å². The molecule has 4 rings (SSSR count). The monoisotopic (exact) mass is 406 g/mol. The van der Waals surface area contributed by atoms with Gasteiger partial charge in [-0.3, -0.25) is 0 Å². The summed E-state index contributed by atoms with van der Waals surface area (Å²) < 4.78 is 33.0. The summed E-state index contributed by atoms with van der Waals surface area (Å²) in [6.45, 7) is 0. The number of rotatable bonds is 2. The summed E-state index contributed by atoms with van der Waals surface area (Å²) >= 11 is 3.46. The van der Waals surface area contributed by atoms with Crippen LogP contribution < -0.4 is 4.74 Å². The minimum Gasteiger partial charge on any atom is -0.482 e. The summed E-state index contributed by atoms with van der Waals surface area (Å²) in [5, 5.41) is 0. The molecule has 124 valence electrons. The first kappa shape index (κ1) is 15.7. The van der Waals surface area contributed by atoms with E-state index >= 15 is 0 Å². The molecule has 24 heavy (non-hydrogen) atoms. The highest BCUT2D eigenvalue weighted by Gasteiger charge is 2.29. The van der Waals surface area contributed by atoms with E-state index in [0.717, 1.165) is 22.2 Å². The summed E-state index contributed by atoms with van der Waals surface area (Å²) in [6.07, 6.45) is 2.30. The van der Waals surface area contributed by atoms with Crippen LogP contribution in [0, 0.1) is 0 Å². The van der Waals surface area contributed by atoms with Gasteiger partial charge in [-0.2, -0.15) is 0 Å². The minimum absolute atomic E-state index is 0.388. The second-order valence-corrected chi connectivity index (χ2v) is 8.63. The number of imidazole rings is 1. The summed E-state index contributed by atoms with van der Waals surface area (Å²) in [4.78, 5) is 4.54. The van der Waals surface area contributed by atoms with Gasteiger partial charge in [-0.25, -0.2) is 17.4 Å². The molecule has 1 atom stereocenters. The smallest absolute Gasteiger partial charge is 0.237 e. The number of fused-ring (bicyclic) bond motifs is 2. The highest BCUT2D eigenvalue weighted by molar-refractivity contribution is 9.10. The van der Waals surface area contributed by atoms with Crippen molar-refractivity contribution in [3.8, 4) is 5.75 Å². The van der Waals surface area contributed by atoms with Gasteiger partial charge >= 0.3 is 0 Å². The lowest BCUT2D eigenvalue weighted by atomic mass is 10.0. The molecule has 0 amide bonds. The van der Waals surface area contributed by atoms with E-state index in [9.17, 15) is 8.42 Å². The fourth-order valence-corrected chi connectivity index (χ4v) is 4.53. The summed E-state index contributed by atoms with van der Waals surface area (Å²) in [5.41, 5.74) is 2.35. The fourth-order valence-electron chi connectivity index (χ4n) is 3.11. The molecular weight excluding hydrogens is 392 g/mol. The Morgan fingerprint density at radius 1 is 1.25 bits per heavy atom. The SMILES string of the molecule is CS(=O)(=O)n1c(C2CCc3cc(Br)ccc3O2)nc2ccccc21. The molecule has 2 aromatic carbocycles. The molecule has 0 spiro atoms. The Labute approximate surface area is 148 Å². The Morgan fingerprint density at radius 3 is 2.83 bits per heavy atom. The van der Waals surface area contributed by atoms with Crippen LogP contribution in [0.1, 0.15) is 23.9 Å². The molecule has 0 saturated carbocycles. The van der Waals surface area contributed by atoms with E-state index in [2.05, 4.69) is 20.9 Å². The van der Waals surface area contributed by atoms with Crippen molar-refractivity contribution in [2.45, 2.75) is 18.9 Å². The van der Waals surface area contributed by atoms with Crippen molar-refractivity contribution in [2.24, 2.45) is 0 Å². The molecule has 1 unspecified atom stereocenters. The Balaban J connectivity index is 1.84. The zero-order chi connectivity index (χ0) is 16.9. The first-order chi connectivity index (χ1) is 11.4. The van der Waals surface area contributed by atoms with Gasteiger partial charge in [0.25, 0.3) is 0 Å². The Bertz CT molecular complexity index is 1040. The normalized spacial score (nSPS) is 17.5. The first-order valence-electron chi connectivity index (χ1n) is 7.56. The van der Waals surface area contributed by atoms with Crippen molar-refractivity contribution in [3.63, 3.8) is 0 Å². The average Bonchev–Trinajstić information content (AvgIpc) is 2.94. The largest absolute Gasteiger partial charge is 0.482 e. The molecule has 0 bridgehead atoms. The van der Waals surface area contributed by atoms with Crippen LogP contribution in [0.15, 0.2) is 46.9 Å². The molecule has 7 heteroatoms. The van der Waals surface area contributed by atoms with Gasteiger partial charge in [0, 0.05) is 4.47 Å². The van der Waals surface area contributed by atoms with Crippen LogP contribution in [0.4, 0.5) is 0 Å². The molecule has 3 aromatic rings. The molecule has 1 aromatic heterocycles. The number of aromatic nitrogens is 2. The van der Waals surface area contributed by atoms with Gasteiger partial charge in [-0.05, 0) is 48.7 Å². The molecular formula is C17H15BrN2O3S. The van der Waals surface area contributed by atoms with E-state index in [1.165, 1.54) is 10.2 Å². The van der Waals surface area contributed by atoms with Gasteiger partial charge in [0.15, 0.2) is 11.9 Å². The zero-order valence-corrected chi connectivity index (χ0v) is 15.3. The maximum absolute atomic E-state index is 12.3. The average molecular weight is 407 g/mol. The van der Waals surface area contributed by atoms with E-state index in [1.54, 1.807) is 6.07 Å². The van der Waals surface area contributed by atoms with Crippen LogP contribution in [-0.2, 0) is 16.4 Å². The van der Waals surface area contributed by atoms with Crippen molar-refractivity contribution in [3.05, 3.63) is 58.3 Å². The topological polar surface area (TPSA) is 61.2 Å². The van der Waals surface area contributed by atoms with Crippen molar-refractivity contribution in [1.29, 1.82) is 0 Å². The summed E-state index contributed by atoms with van der Waals surface area (Å²) in [6, 6.07) is 13.1. The molecule has 0 aliphatic carbocycles. The predicted octanol–water partition coefficient (Wildman–Crippen LogP) is 3.67. The van der Waals surface area contributed by atoms with Gasteiger partial charge in [0.1, 0.15) is 5.75 Å².